The molecule has 0 aliphatic heterocycles. The number of hydrogen-bond acceptors (Lipinski definition) is 6. The highest BCUT2D eigenvalue weighted by molar-refractivity contribution is 7.92. The van der Waals surface area contributed by atoms with Crippen molar-refractivity contribution in [2.75, 3.05) is 5.32 Å². The molecular weight excluding hydrogens is 394 g/mol. The van der Waals surface area contributed by atoms with Crippen molar-refractivity contribution in [3.63, 3.8) is 0 Å². The molecule has 3 rings (SSSR count). The van der Waals surface area contributed by atoms with E-state index in [4.69, 9.17) is 5.26 Å². The summed E-state index contributed by atoms with van der Waals surface area (Å²) in [6.45, 7) is 3.20. The lowest BCUT2D eigenvalue weighted by atomic mass is 10.1. The Kier molecular flexibility index (Phi) is 5.58. The second-order valence-corrected chi connectivity index (χ2v) is 9.67. The van der Waals surface area contributed by atoms with E-state index in [1.807, 2.05) is 0 Å². The van der Waals surface area contributed by atoms with Crippen molar-refractivity contribution >= 4 is 32.2 Å². The molecule has 0 aliphatic carbocycles. The maximum atomic E-state index is 12.5. The van der Waals surface area contributed by atoms with Crippen molar-refractivity contribution in [1.82, 2.24) is 4.98 Å². The number of aromatic nitrogens is 1. The van der Waals surface area contributed by atoms with Crippen molar-refractivity contribution in [3.8, 4) is 17.3 Å². The van der Waals surface area contributed by atoms with Gasteiger partial charge in [0.2, 0.25) is 0 Å². The molecule has 1 N–H and O–H groups in total. The third-order valence-electron chi connectivity index (χ3n) is 4.08. The maximum Gasteiger partial charge on any atom is 0.257 e. The smallest absolute Gasteiger partial charge is 0.257 e. The van der Waals surface area contributed by atoms with Crippen LogP contribution >= 0.6 is 11.3 Å². The number of amides is 1. The van der Waals surface area contributed by atoms with Gasteiger partial charge in [-0.1, -0.05) is 18.2 Å². The summed E-state index contributed by atoms with van der Waals surface area (Å²) >= 11 is 1.27. The minimum atomic E-state index is -3.46. The number of hydrogen-bond donors (Lipinski definition) is 1. The van der Waals surface area contributed by atoms with Gasteiger partial charge in [-0.3, -0.25) is 10.1 Å². The van der Waals surface area contributed by atoms with Crippen LogP contribution in [-0.2, 0) is 9.84 Å². The summed E-state index contributed by atoms with van der Waals surface area (Å²) in [5.74, 6) is -0.429. The average Bonchev–Trinajstić information content (AvgIpc) is 3.16. The SMILES string of the molecule is CC(C)S(=O)(=O)c1cccc(C(=O)Nc2nc(-c3ccc(C#N)cc3)cs2)c1. The molecule has 0 unspecified atom stereocenters. The first-order valence-electron chi connectivity index (χ1n) is 8.42. The molecule has 8 heteroatoms. The quantitative estimate of drug-likeness (QED) is 0.681. The average molecular weight is 412 g/mol. The molecule has 1 heterocycles. The Bertz CT molecular complexity index is 1160. The lowest BCUT2D eigenvalue weighted by molar-refractivity contribution is 0.102. The minimum Gasteiger partial charge on any atom is -0.298 e. The van der Waals surface area contributed by atoms with Gasteiger partial charge in [-0.15, -0.1) is 11.3 Å². The van der Waals surface area contributed by atoms with Gasteiger partial charge in [-0.25, -0.2) is 13.4 Å². The lowest BCUT2D eigenvalue weighted by Gasteiger charge is -2.09. The van der Waals surface area contributed by atoms with Gasteiger partial charge in [-0.05, 0) is 44.2 Å². The van der Waals surface area contributed by atoms with Crippen molar-refractivity contribution < 1.29 is 13.2 Å². The number of sulfone groups is 1. The molecule has 28 heavy (non-hydrogen) atoms. The van der Waals surface area contributed by atoms with Crippen LogP contribution in [-0.4, -0.2) is 24.6 Å². The summed E-state index contributed by atoms with van der Waals surface area (Å²) in [5.41, 5.74) is 2.32. The zero-order chi connectivity index (χ0) is 20.3. The Balaban J connectivity index is 1.79. The number of carbonyl (C=O) groups excluding carboxylic acids is 1. The molecule has 142 valence electrons. The Hall–Kier alpha value is -3.02. The molecular formula is C20H17N3O3S2. The Labute approximate surface area is 167 Å². The summed E-state index contributed by atoms with van der Waals surface area (Å²) in [6.07, 6.45) is 0. The van der Waals surface area contributed by atoms with Crippen molar-refractivity contribution in [2.24, 2.45) is 0 Å². The highest BCUT2D eigenvalue weighted by atomic mass is 32.2. The standard InChI is InChI=1S/C20H17N3O3S2/c1-13(2)28(25,26)17-5-3-4-16(10-17)19(24)23-20-22-18(12-27-20)15-8-6-14(11-21)7-9-15/h3-10,12-13H,1-2H3,(H,22,23,24). The molecule has 6 nitrogen and oxygen atoms in total. The second kappa shape index (κ2) is 7.92. The van der Waals surface area contributed by atoms with Crippen LogP contribution in [0.3, 0.4) is 0 Å². The molecule has 3 aromatic rings. The summed E-state index contributed by atoms with van der Waals surface area (Å²) in [5, 5.41) is 13.2. The van der Waals surface area contributed by atoms with Gasteiger partial charge in [-0.2, -0.15) is 5.26 Å². The summed E-state index contributed by atoms with van der Waals surface area (Å²) < 4.78 is 24.6. The molecule has 0 saturated heterocycles. The Morgan fingerprint density at radius 3 is 2.54 bits per heavy atom. The Morgan fingerprint density at radius 2 is 1.89 bits per heavy atom. The molecule has 0 fully saturated rings. The molecule has 0 saturated carbocycles. The minimum absolute atomic E-state index is 0.118. The maximum absolute atomic E-state index is 12.5. The first-order valence-corrected chi connectivity index (χ1v) is 10.9. The van der Waals surface area contributed by atoms with E-state index < -0.39 is 21.0 Å². The van der Waals surface area contributed by atoms with Gasteiger partial charge in [0.1, 0.15) is 0 Å². The fraction of sp³-hybridized carbons (Fsp3) is 0.150. The van der Waals surface area contributed by atoms with Crippen LogP contribution < -0.4 is 5.32 Å². The van der Waals surface area contributed by atoms with Gasteiger partial charge >= 0.3 is 0 Å². The third-order valence-corrected chi connectivity index (χ3v) is 6.99. The van der Waals surface area contributed by atoms with E-state index in [1.165, 1.54) is 23.5 Å². The highest BCUT2D eigenvalue weighted by Crippen LogP contribution is 2.26. The van der Waals surface area contributed by atoms with Crippen LogP contribution in [0.15, 0.2) is 58.8 Å². The van der Waals surface area contributed by atoms with Gasteiger partial charge in [0, 0.05) is 16.5 Å². The van der Waals surface area contributed by atoms with E-state index in [0.717, 1.165) is 5.56 Å². The molecule has 0 aliphatic rings. The van der Waals surface area contributed by atoms with Crippen LogP contribution in [0.25, 0.3) is 11.3 Å². The van der Waals surface area contributed by atoms with E-state index in [0.29, 0.717) is 16.4 Å². The number of anilines is 1. The van der Waals surface area contributed by atoms with Crippen LogP contribution in [0, 0.1) is 11.3 Å². The summed E-state index contributed by atoms with van der Waals surface area (Å²) in [7, 11) is -3.46. The lowest BCUT2D eigenvalue weighted by Crippen LogP contribution is -2.16. The van der Waals surface area contributed by atoms with Crippen LogP contribution in [0.2, 0.25) is 0 Å². The van der Waals surface area contributed by atoms with Gasteiger partial charge < -0.3 is 0 Å². The van der Waals surface area contributed by atoms with E-state index >= 15 is 0 Å². The van der Waals surface area contributed by atoms with E-state index in [2.05, 4.69) is 16.4 Å². The molecule has 1 aromatic heterocycles. The van der Waals surface area contributed by atoms with E-state index in [-0.39, 0.29) is 10.5 Å². The van der Waals surface area contributed by atoms with Gasteiger partial charge in [0.25, 0.3) is 5.91 Å². The molecule has 0 atom stereocenters. The zero-order valence-corrected chi connectivity index (χ0v) is 16.8. The predicted octanol–water partition coefficient (Wildman–Crippen LogP) is 4.12. The largest absolute Gasteiger partial charge is 0.298 e. The fourth-order valence-electron chi connectivity index (χ4n) is 2.44. The number of benzene rings is 2. The Morgan fingerprint density at radius 1 is 1.18 bits per heavy atom. The summed E-state index contributed by atoms with van der Waals surface area (Å²) in [6, 6.07) is 15.0. The highest BCUT2D eigenvalue weighted by Gasteiger charge is 2.20. The number of carbonyl (C=O) groups is 1. The van der Waals surface area contributed by atoms with Gasteiger partial charge in [0.15, 0.2) is 15.0 Å². The number of nitrogens with zero attached hydrogens (tertiary/aromatic N) is 2. The van der Waals surface area contributed by atoms with E-state index in [9.17, 15) is 13.2 Å². The van der Waals surface area contributed by atoms with Crippen LogP contribution in [0.1, 0.15) is 29.8 Å². The summed E-state index contributed by atoms with van der Waals surface area (Å²) in [4.78, 5) is 17.0. The van der Waals surface area contributed by atoms with Crippen molar-refractivity contribution in [3.05, 3.63) is 65.0 Å². The van der Waals surface area contributed by atoms with Crippen LogP contribution in [0.4, 0.5) is 5.13 Å². The molecule has 2 aromatic carbocycles. The predicted molar refractivity (Wildman–Crippen MR) is 109 cm³/mol. The number of nitriles is 1. The molecule has 0 bridgehead atoms. The fourth-order valence-corrected chi connectivity index (χ4v) is 4.25. The second-order valence-electron chi connectivity index (χ2n) is 6.30. The first kappa shape index (κ1) is 19.7. The third kappa shape index (κ3) is 4.11. The number of rotatable bonds is 5. The van der Waals surface area contributed by atoms with Crippen LogP contribution in [0.5, 0.6) is 0 Å². The monoisotopic (exact) mass is 411 g/mol. The van der Waals surface area contributed by atoms with Gasteiger partial charge in [0.05, 0.1) is 27.5 Å². The number of thiazole rings is 1. The normalized spacial score (nSPS) is 11.2. The van der Waals surface area contributed by atoms with Crippen molar-refractivity contribution in [2.45, 2.75) is 24.0 Å². The molecule has 0 radical (unpaired) electrons. The molecule has 1 amide bonds. The van der Waals surface area contributed by atoms with E-state index in [1.54, 1.807) is 55.6 Å². The number of nitrogens with one attached hydrogen (secondary N) is 1. The topological polar surface area (TPSA) is 99.9 Å². The first-order chi connectivity index (χ1) is 13.3. The van der Waals surface area contributed by atoms with Crippen molar-refractivity contribution in [1.29, 1.82) is 5.26 Å². The molecule has 0 spiro atoms. The zero-order valence-electron chi connectivity index (χ0n) is 15.2.